The molecule has 1 aliphatic carbocycles. The molecule has 1 aromatic carbocycles. The second kappa shape index (κ2) is 19.4. The molecule has 3 aliphatic rings. The number of rotatable bonds is 17. The highest BCUT2D eigenvalue weighted by atomic mass is 16.5. The van der Waals surface area contributed by atoms with Crippen LogP contribution in [0.3, 0.4) is 0 Å². The van der Waals surface area contributed by atoms with Gasteiger partial charge in [0.1, 0.15) is 18.1 Å². The van der Waals surface area contributed by atoms with E-state index in [4.69, 9.17) is 25.8 Å². The van der Waals surface area contributed by atoms with Gasteiger partial charge in [0.15, 0.2) is 0 Å². The van der Waals surface area contributed by atoms with Crippen LogP contribution >= 0.6 is 0 Å². The van der Waals surface area contributed by atoms with Gasteiger partial charge in [0.25, 0.3) is 0 Å². The molecule has 296 valence electrons. The molecule has 13 nitrogen and oxygen atoms in total. The largest absolute Gasteiger partial charge is 0.497 e. The van der Waals surface area contributed by atoms with Gasteiger partial charge in [-0.2, -0.15) is 0 Å². The summed E-state index contributed by atoms with van der Waals surface area (Å²) < 4.78 is 16.8. The summed E-state index contributed by atoms with van der Waals surface area (Å²) in [7, 11) is 3.13. The summed E-state index contributed by atoms with van der Waals surface area (Å²) in [6.45, 7) is 11.4. The SMILES string of the molecule is C=C/C=C(/CC/C(N)=C(\CO)N(C)N)C1=C(CB(O)O)CCN(C(=O)C2CCCC[C@]2(C)C(=O)OCc2ccc(OC)cc2OC)C1CN1CCCC1=C. The monoisotopic (exact) mass is 749 g/mol. The molecule has 2 heterocycles. The van der Waals surface area contributed by atoms with Crippen molar-refractivity contribution >= 4 is 19.0 Å². The van der Waals surface area contributed by atoms with Crippen LogP contribution in [0.1, 0.15) is 70.3 Å². The van der Waals surface area contributed by atoms with Crippen LogP contribution in [-0.4, -0.2) is 103 Å². The Bertz CT molecular complexity index is 1620. The van der Waals surface area contributed by atoms with Gasteiger partial charge < -0.3 is 49.9 Å². The zero-order valence-corrected chi connectivity index (χ0v) is 32.5. The molecule has 1 amide bonds. The Morgan fingerprint density at radius 2 is 1.89 bits per heavy atom. The Morgan fingerprint density at radius 1 is 1.13 bits per heavy atom. The summed E-state index contributed by atoms with van der Waals surface area (Å²) in [5.41, 5.74) is 10.3. The number of ether oxygens (including phenoxy) is 3. The Balaban J connectivity index is 1.73. The third kappa shape index (κ3) is 9.89. The van der Waals surface area contributed by atoms with Crippen LogP contribution in [-0.2, 0) is 20.9 Å². The van der Waals surface area contributed by atoms with Crippen LogP contribution in [0.5, 0.6) is 11.5 Å². The summed E-state index contributed by atoms with van der Waals surface area (Å²) in [6.07, 6.45) is 9.15. The number of allylic oxidation sites excluding steroid dienone is 4. The van der Waals surface area contributed by atoms with Gasteiger partial charge in [0, 0.05) is 56.0 Å². The van der Waals surface area contributed by atoms with Crippen LogP contribution in [0, 0.1) is 11.3 Å². The summed E-state index contributed by atoms with van der Waals surface area (Å²) >= 11 is 0. The van der Waals surface area contributed by atoms with Crippen molar-refractivity contribution < 1.29 is 39.0 Å². The molecular formula is C40H60BN5O8. The van der Waals surface area contributed by atoms with Crippen LogP contribution < -0.4 is 21.1 Å². The van der Waals surface area contributed by atoms with E-state index < -0.39 is 30.5 Å². The lowest BCUT2D eigenvalue weighted by Gasteiger charge is -2.46. The lowest BCUT2D eigenvalue weighted by molar-refractivity contribution is -0.168. The summed E-state index contributed by atoms with van der Waals surface area (Å²) in [5, 5.41) is 31.8. The lowest BCUT2D eigenvalue weighted by Crippen LogP contribution is -2.56. The highest BCUT2D eigenvalue weighted by Crippen LogP contribution is 2.45. The number of nitrogens with zero attached hydrogens (tertiary/aromatic N) is 3. The van der Waals surface area contributed by atoms with Gasteiger partial charge in [-0.3, -0.25) is 9.59 Å². The third-order valence-corrected chi connectivity index (χ3v) is 11.3. The average molecular weight is 750 g/mol. The van der Waals surface area contributed by atoms with E-state index in [0.717, 1.165) is 54.6 Å². The van der Waals surface area contributed by atoms with Crippen molar-refractivity contribution in [1.82, 2.24) is 14.8 Å². The predicted octanol–water partition coefficient (Wildman–Crippen LogP) is 3.78. The van der Waals surface area contributed by atoms with E-state index in [1.54, 1.807) is 45.5 Å². The van der Waals surface area contributed by atoms with E-state index in [1.807, 2.05) is 17.9 Å². The van der Waals surface area contributed by atoms with Crippen molar-refractivity contribution in [2.24, 2.45) is 22.9 Å². The van der Waals surface area contributed by atoms with E-state index in [9.17, 15) is 19.9 Å². The number of likely N-dealkylation sites (tertiary alicyclic amines) is 1. The normalized spacial score (nSPS) is 22.5. The molecule has 0 aromatic heterocycles. The van der Waals surface area contributed by atoms with Gasteiger partial charge in [-0.05, 0) is 75.1 Å². The number of hydrogen-bond donors (Lipinski definition) is 5. The number of nitrogens with two attached hydrogens (primary N) is 2. The van der Waals surface area contributed by atoms with E-state index >= 15 is 4.79 Å². The molecule has 1 saturated heterocycles. The van der Waals surface area contributed by atoms with Crippen molar-refractivity contribution in [1.29, 1.82) is 0 Å². The molecule has 3 atom stereocenters. The number of methoxy groups -OCH3 is 2. The number of aliphatic hydroxyl groups is 1. The first kappa shape index (κ1) is 42.5. The van der Waals surface area contributed by atoms with Gasteiger partial charge >= 0.3 is 13.1 Å². The first-order valence-electron chi connectivity index (χ1n) is 18.9. The summed E-state index contributed by atoms with van der Waals surface area (Å²) in [4.78, 5) is 33.3. The molecular weight excluding hydrogens is 689 g/mol. The molecule has 7 N–H and O–H groups in total. The van der Waals surface area contributed by atoms with Crippen LogP contribution in [0.25, 0.3) is 0 Å². The zero-order chi connectivity index (χ0) is 39.6. The van der Waals surface area contributed by atoms with Gasteiger partial charge in [-0.15, -0.1) is 0 Å². The fourth-order valence-corrected chi connectivity index (χ4v) is 8.24. The quantitative estimate of drug-likeness (QED) is 0.0512. The number of aliphatic hydroxyl groups excluding tert-OH is 1. The standard InChI is InChI=1S/C40H60BN5O8/c1-7-11-28(15-17-33(42)35(25-47)44(4)43)37-29(23-41(50)51)18-21-46(34(37)24-45-20-10-12-27(45)2)38(48)32-13-8-9-19-40(32,3)39(49)54-26-30-14-16-31(52-5)22-36(30)53-6/h7,11,14,16,22,32,34,47,50-51H,1-2,8-10,12-13,15,17-21,23-26,42-43H2,3-6H3/b28-11-,35-33-/t32?,34?,40-/m0/s1. The van der Waals surface area contributed by atoms with Gasteiger partial charge in [-0.25, -0.2) is 5.84 Å². The second-order valence-corrected chi connectivity index (χ2v) is 14.8. The number of amides is 1. The second-order valence-electron chi connectivity index (χ2n) is 14.8. The first-order valence-corrected chi connectivity index (χ1v) is 18.9. The van der Waals surface area contributed by atoms with Crippen molar-refractivity contribution in [2.75, 3.05) is 47.5 Å². The van der Waals surface area contributed by atoms with E-state index in [1.165, 1.54) is 5.01 Å². The van der Waals surface area contributed by atoms with Gasteiger partial charge in [-0.1, -0.05) is 43.7 Å². The van der Waals surface area contributed by atoms with Crippen LogP contribution in [0.15, 0.2) is 77.3 Å². The van der Waals surface area contributed by atoms with Gasteiger partial charge in [0.05, 0.1) is 43.9 Å². The van der Waals surface area contributed by atoms with Gasteiger partial charge in [0.2, 0.25) is 5.91 Å². The Hall–Kier alpha value is -4.24. The molecule has 1 aromatic rings. The predicted molar refractivity (Wildman–Crippen MR) is 209 cm³/mol. The first-order chi connectivity index (χ1) is 25.8. The molecule has 0 spiro atoms. The Morgan fingerprint density at radius 3 is 2.50 bits per heavy atom. The van der Waals surface area contributed by atoms with Crippen molar-refractivity contribution in [2.45, 2.75) is 83.7 Å². The summed E-state index contributed by atoms with van der Waals surface area (Å²) in [6, 6.07) is 4.82. The fraction of sp³-hybridized carbons (Fsp3) is 0.550. The molecule has 2 fully saturated rings. The Labute approximate surface area is 320 Å². The number of benzene rings is 1. The molecule has 0 bridgehead atoms. The van der Waals surface area contributed by atoms with Crippen molar-refractivity contribution in [3.05, 3.63) is 82.9 Å². The highest BCUT2D eigenvalue weighted by molar-refractivity contribution is 6.42. The maximum Gasteiger partial charge on any atom is 0.455 e. The highest BCUT2D eigenvalue weighted by Gasteiger charge is 2.51. The third-order valence-electron chi connectivity index (χ3n) is 11.3. The molecule has 4 rings (SSSR count). The number of hydrazine groups is 1. The maximum atomic E-state index is 15.1. The zero-order valence-electron chi connectivity index (χ0n) is 32.5. The van der Waals surface area contributed by atoms with Crippen LogP contribution in [0.2, 0.25) is 6.32 Å². The van der Waals surface area contributed by atoms with Crippen molar-refractivity contribution in [3.63, 3.8) is 0 Å². The minimum Gasteiger partial charge on any atom is -0.497 e. The number of esters is 1. The minimum absolute atomic E-state index is 0.00430. The molecule has 54 heavy (non-hydrogen) atoms. The topological polar surface area (TPSA) is 184 Å². The summed E-state index contributed by atoms with van der Waals surface area (Å²) in [5.74, 6) is 5.90. The van der Waals surface area contributed by atoms with E-state index in [-0.39, 0.29) is 25.4 Å². The fourth-order valence-electron chi connectivity index (χ4n) is 8.24. The number of likely N-dealkylation sites (N-methyl/N-ethyl adjacent to an activating group) is 1. The molecule has 2 aliphatic heterocycles. The molecule has 0 radical (unpaired) electrons. The van der Waals surface area contributed by atoms with E-state index in [2.05, 4.69) is 18.1 Å². The minimum atomic E-state index is -1.60. The number of carbonyl (C=O) groups is 2. The number of hydrogen-bond acceptors (Lipinski definition) is 12. The number of carbonyl (C=O) groups excluding carboxylic acids is 2. The average Bonchev–Trinajstić information content (AvgIpc) is 3.55. The maximum absolute atomic E-state index is 15.1. The smallest absolute Gasteiger partial charge is 0.455 e. The molecule has 2 unspecified atom stereocenters. The van der Waals surface area contributed by atoms with E-state index in [0.29, 0.717) is 73.7 Å². The molecule has 1 saturated carbocycles. The molecule has 14 heteroatoms. The Kier molecular flexibility index (Phi) is 15.3. The van der Waals surface area contributed by atoms with Crippen LogP contribution in [0.4, 0.5) is 0 Å². The van der Waals surface area contributed by atoms with Crippen molar-refractivity contribution in [3.8, 4) is 11.5 Å². The lowest BCUT2D eigenvalue weighted by atomic mass is 9.66.